The van der Waals surface area contributed by atoms with E-state index in [-0.39, 0.29) is 24.6 Å². The van der Waals surface area contributed by atoms with Crippen molar-refractivity contribution in [3.05, 3.63) is 11.1 Å². The van der Waals surface area contributed by atoms with Crippen LogP contribution in [-0.2, 0) is 14.3 Å². The number of anilines is 1. The van der Waals surface area contributed by atoms with E-state index in [9.17, 15) is 14.4 Å². The zero-order chi connectivity index (χ0) is 19.2. The van der Waals surface area contributed by atoms with Crippen molar-refractivity contribution in [2.24, 2.45) is 5.41 Å². The van der Waals surface area contributed by atoms with Crippen LogP contribution in [0.15, 0.2) is 5.38 Å². The van der Waals surface area contributed by atoms with Crippen LogP contribution >= 0.6 is 11.3 Å². The normalized spacial score (nSPS) is 14.7. The third-order valence-electron chi connectivity index (χ3n) is 3.64. The molecular formula is C16H25N5O4S. The number of nitrogens with one attached hydrogen (secondary N) is 3. The van der Waals surface area contributed by atoms with Crippen molar-refractivity contribution < 1.29 is 19.1 Å². The molecule has 0 atom stereocenters. The molecule has 26 heavy (non-hydrogen) atoms. The number of hydrogen-bond donors (Lipinski definition) is 3. The van der Waals surface area contributed by atoms with Crippen molar-refractivity contribution in [3.63, 3.8) is 0 Å². The minimum Gasteiger partial charge on any atom is -0.378 e. The van der Waals surface area contributed by atoms with Crippen LogP contribution in [0.3, 0.4) is 0 Å². The number of nitrogens with zero attached hydrogens (tertiary/aromatic N) is 2. The van der Waals surface area contributed by atoms with Gasteiger partial charge in [-0.25, -0.2) is 4.98 Å². The van der Waals surface area contributed by atoms with Crippen LogP contribution in [0.4, 0.5) is 5.13 Å². The summed E-state index contributed by atoms with van der Waals surface area (Å²) in [6.07, 6.45) is 0.0677. The smallest absolute Gasteiger partial charge is 0.289 e. The highest BCUT2D eigenvalue weighted by atomic mass is 32.1. The summed E-state index contributed by atoms with van der Waals surface area (Å²) < 4.78 is 5.29. The SMILES string of the molecule is CC(C)(C)C(=O)NCCC(=O)NNC(=O)c1csc(N2CCOCC2)n1. The molecule has 0 bridgehead atoms. The van der Waals surface area contributed by atoms with Crippen molar-refractivity contribution in [2.75, 3.05) is 37.7 Å². The van der Waals surface area contributed by atoms with Crippen molar-refractivity contribution >= 4 is 34.2 Å². The Labute approximate surface area is 156 Å². The van der Waals surface area contributed by atoms with Crippen LogP contribution < -0.4 is 21.1 Å². The van der Waals surface area contributed by atoms with Crippen LogP contribution in [0.2, 0.25) is 0 Å². The highest BCUT2D eigenvalue weighted by molar-refractivity contribution is 7.13. The minimum absolute atomic E-state index is 0.0677. The van der Waals surface area contributed by atoms with Gasteiger partial charge in [0.1, 0.15) is 5.69 Å². The van der Waals surface area contributed by atoms with Gasteiger partial charge in [0.15, 0.2) is 5.13 Å². The molecule has 10 heteroatoms. The summed E-state index contributed by atoms with van der Waals surface area (Å²) in [7, 11) is 0. The van der Waals surface area contributed by atoms with E-state index in [1.165, 1.54) is 11.3 Å². The van der Waals surface area contributed by atoms with E-state index < -0.39 is 17.2 Å². The molecule has 0 unspecified atom stereocenters. The van der Waals surface area contributed by atoms with Gasteiger partial charge in [-0.15, -0.1) is 11.3 Å². The van der Waals surface area contributed by atoms with Crippen LogP contribution in [0.1, 0.15) is 37.7 Å². The Hall–Kier alpha value is -2.20. The minimum atomic E-state index is -0.506. The van der Waals surface area contributed by atoms with Crippen LogP contribution in [-0.4, -0.2) is 55.6 Å². The number of morpholine rings is 1. The fourth-order valence-electron chi connectivity index (χ4n) is 2.08. The average Bonchev–Trinajstić information content (AvgIpc) is 3.09. The van der Waals surface area contributed by atoms with Crippen molar-refractivity contribution in [1.82, 2.24) is 21.2 Å². The molecular weight excluding hydrogens is 358 g/mol. The van der Waals surface area contributed by atoms with Gasteiger partial charge in [0, 0.05) is 36.9 Å². The van der Waals surface area contributed by atoms with E-state index in [4.69, 9.17) is 4.74 Å². The number of amides is 3. The monoisotopic (exact) mass is 383 g/mol. The molecule has 1 saturated heterocycles. The summed E-state index contributed by atoms with van der Waals surface area (Å²) in [5, 5.41) is 5.08. The first-order valence-corrected chi connectivity index (χ1v) is 9.31. The fourth-order valence-corrected chi connectivity index (χ4v) is 2.94. The Morgan fingerprint density at radius 3 is 2.58 bits per heavy atom. The number of hydrogen-bond acceptors (Lipinski definition) is 7. The molecule has 1 aliphatic rings. The first-order chi connectivity index (χ1) is 12.3. The lowest BCUT2D eigenvalue weighted by Gasteiger charge is -2.25. The highest BCUT2D eigenvalue weighted by Gasteiger charge is 2.21. The molecule has 0 saturated carbocycles. The molecule has 3 amide bonds. The van der Waals surface area contributed by atoms with E-state index in [0.717, 1.165) is 18.2 Å². The molecule has 144 valence electrons. The molecule has 0 radical (unpaired) electrons. The summed E-state index contributed by atoms with van der Waals surface area (Å²) in [5.41, 5.74) is 4.40. The molecule has 1 aromatic heterocycles. The summed E-state index contributed by atoms with van der Waals surface area (Å²) >= 11 is 1.38. The van der Waals surface area contributed by atoms with Gasteiger partial charge < -0.3 is 15.0 Å². The maximum atomic E-state index is 12.1. The zero-order valence-electron chi connectivity index (χ0n) is 15.3. The number of hydrazine groups is 1. The first kappa shape index (κ1) is 20.1. The molecule has 1 fully saturated rings. The molecule has 1 aromatic rings. The van der Waals surface area contributed by atoms with E-state index in [0.29, 0.717) is 13.2 Å². The second-order valence-corrected chi connectivity index (χ2v) is 7.71. The van der Waals surface area contributed by atoms with E-state index >= 15 is 0 Å². The lowest BCUT2D eigenvalue weighted by Crippen LogP contribution is -2.43. The fraction of sp³-hybridized carbons (Fsp3) is 0.625. The lowest BCUT2D eigenvalue weighted by molar-refractivity contribution is -0.128. The standard InChI is InChI=1S/C16H25N5O4S/c1-16(2,3)14(24)17-5-4-12(22)19-20-13(23)11-10-26-15(18-11)21-6-8-25-9-7-21/h10H,4-9H2,1-3H3,(H,17,24)(H,19,22)(H,20,23). The van der Waals surface area contributed by atoms with Crippen LogP contribution in [0.5, 0.6) is 0 Å². The molecule has 2 heterocycles. The molecule has 0 aliphatic carbocycles. The van der Waals surface area contributed by atoms with Gasteiger partial charge in [-0.1, -0.05) is 20.8 Å². The third-order valence-corrected chi connectivity index (χ3v) is 4.54. The average molecular weight is 383 g/mol. The Balaban J connectivity index is 1.72. The van der Waals surface area contributed by atoms with E-state index in [1.807, 2.05) is 0 Å². The predicted molar refractivity (Wildman–Crippen MR) is 97.8 cm³/mol. The van der Waals surface area contributed by atoms with E-state index in [1.54, 1.807) is 26.2 Å². The Bertz CT molecular complexity index is 649. The third kappa shape index (κ3) is 5.95. The van der Waals surface area contributed by atoms with Gasteiger partial charge in [0.2, 0.25) is 11.8 Å². The number of thiazole rings is 1. The molecule has 2 rings (SSSR count). The van der Waals surface area contributed by atoms with Gasteiger partial charge in [0.25, 0.3) is 5.91 Å². The predicted octanol–water partition coefficient (Wildman–Crippen LogP) is 0.293. The van der Waals surface area contributed by atoms with Gasteiger partial charge in [0.05, 0.1) is 13.2 Å². The molecule has 1 aliphatic heterocycles. The first-order valence-electron chi connectivity index (χ1n) is 8.43. The molecule has 0 spiro atoms. The van der Waals surface area contributed by atoms with Crippen molar-refractivity contribution in [3.8, 4) is 0 Å². The molecule has 3 N–H and O–H groups in total. The number of ether oxygens (including phenoxy) is 1. The number of rotatable bonds is 5. The summed E-state index contributed by atoms with van der Waals surface area (Å²) in [4.78, 5) is 41.9. The maximum Gasteiger partial charge on any atom is 0.289 e. The second-order valence-electron chi connectivity index (χ2n) is 6.87. The number of carbonyl (C=O) groups is 3. The lowest BCUT2D eigenvalue weighted by atomic mass is 9.96. The zero-order valence-corrected chi connectivity index (χ0v) is 16.1. The van der Waals surface area contributed by atoms with Crippen molar-refractivity contribution in [2.45, 2.75) is 27.2 Å². The Kier molecular flexibility index (Phi) is 6.92. The molecule has 0 aromatic carbocycles. The Morgan fingerprint density at radius 1 is 1.23 bits per heavy atom. The summed E-state index contributed by atoms with van der Waals surface area (Å²) in [5.74, 6) is -1.00. The topological polar surface area (TPSA) is 113 Å². The largest absolute Gasteiger partial charge is 0.378 e. The maximum absolute atomic E-state index is 12.1. The summed E-state index contributed by atoms with van der Waals surface area (Å²) in [6, 6.07) is 0. The van der Waals surface area contributed by atoms with Crippen molar-refractivity contribution in [1.29, 1.82) is 0 Å². The Morgan fingerprint density at radius 2 is 1.92 bits per heavy atom. The van der Waals surface area contributed by atoms with Gasteiger partial charge in [-0.05, 0) is 0 Å². The van der Waals surface area contributed by atoms with Crippen LogP contribution in [0.25, 0.3) is 0 Å². The number of carbonyl (C=O) groups excluding carboxylic acids is 3. The second kappa shape index (κ2) is 8.95. The number of aromatic nitrogens is 1. The van der Waals surface area contributed by atoms with Gasteiger partial charge in [-0.2, -0.15) is 0 Å². The van der Waals surface area contributed by atoms with Crippen LogP contribution in [0, 0.1) is 5.41 Å². The molecule has 9 nitrogen and oxygen atoms in total. The quantitative estimate of drug-likeness (QED) is 0.630. The van der Waals surface area contributed by atoms with Gasteiger partial charge in [-0.3, -0.25) is 25.2 Å². The highest BCUT2D eigenvalue weighted by Crippen LogP contribution is 2.21. The van der Waals surface area contributed by atoms with Gasteiger partial charge >= 0.3 is 0 Å². The van der Waals surface area contributed by atoms with E-state index in [2.05, 4.69) is 26.1 Å². The summed E-state index contributed by atoms with van der Waals surface area (Å²) in [6.45, 7) is 8.35.